The number of benzene rings is 1. The van der Waals surface area contributed by atoms with Crippen LogP contribution >= 0.6 is 11.6 Å². The Morgan fingerprint density at radius 2 is 2.06 bits per heavy atom. The van der Waals surface area contributed by atoms with Gasteiger partial charge in [0.25, 0.3) is 0 Å². The molecule has 0 heterocycles. The third kappa shape index (κ3) is 4.63. The van der Waals surface area contributed by atoms with E-state index < -0.39 is 18.3 Å². The lowest BCUT2D eigenvalue weighted by Gasteiger charge is -2.16. The second kappa shape index (κ2) is 6.86. The lowest BCUT2D eigenvalue weighted by Crippen LogP contribution is -2.32. The van der Waals surface area contributed by atoms with E-state index in [4.69, 9.17) is 21.4 Å². The number of aliphatic carboxylic acids is 1. The SMILES string of the molecule is CN(CCOc1ccccc1Cl)C(=O)CC(=O)O. The molecule has 0 aliphatic carbocycles. The summed E-state index contributed by atoms with van der Waals surface area (Å²) in [5, 5.41) is 8.97. The first kappa shape index (κ1) is 14.3. The Morgan fingerprint density at radius 3 is 2.67 bits per heavy atom. The molecule has 0 aromatic heterocycles. The molecule has 5 nitrogen and oxygen atoms in total. The third-order valence-electron chi connectivity index (χ3n) is 2.25. The van der Waals surface area contributed by atoms with Crippen LogP contribution in [0, 0.1) is 0 Å². The smallest absolute Gasteiger partial charge is 0.312 e. The standard InChI is InChI=1S/C12H14ClNO4/c1-14(11(15)8-12(16)17)6-7-18-10-5-3-2-4-9(10)13/h2-5H,6-8H2,1H3,(H,16,17). The lowest BCUT2D eigenvalue weighted by atomic mass is 10.3. The zero-order valence-corrected chi connectivity index (χ0v) is 10.7. The van der Waals surface area contributed by atoms with Crippen LogP contribution in [0.1, 0.15) is 6.42 Å². The van der Waals surface area contributed by atoms with E-state index in [0.29, 0.717) is 17.3 Å². The van der Waals surface area contributed by atoms with Crippen molar-refractivity contribution >= 4 is 23.5 Å². The Balaban J connectivity index is 2.36. The quantitative estimate of drug-likeness (QED) is 0.799. The third-order valence-corrected chi connectivity index (χ3v) is 2.56. The van der Waals surface area contributed by atoms with Gasteiger partial charge in [-0.1, -0.05) is 23.7 Å². The highest BCUT2D eigenvalue weighted by Crippen LogP contribution is 2.22. The van der Waals surface area contributed by atoms with Crippen molar-refractivity contribution < 1.29 is 19.4 Å². The molecular formula is C12H14ClNO4. The summed E-state index contributed by atoms with van der Waals surface area (Å²) in [4.78, 5) is 23.0. The molecule has 0 saturated carbocycles. The number of carbonyl (C=O) groups excluding carboxylic acids is 1. The summed E-state index contributed by atoms with van der Waals surface area (Å²) in [5.41, 5.74) is 0. The highest BCUT2D eigenvalue weighted by atomic mass is 35.5. The number of amides is 1. The minimum absolute atomic E-state index is 0.256. The van der Waals surface area contributed by atoms with Gasteiger partial charge in [-0.25, -0.2) is 0 Å². The van der Waals surface area contributed by atoms with Crippen molar-refractivity contribution in [2.45, 2.75) is 6.42 Å². The van der Waals surface area contributed by atoms with E-state index >= 15 is 0 Å². The maximum absolute atomic E-state index is 11.3. The zero-order valence-electron chi connectivity index (χ0n) is 9.93. The average Bonchev–Trinajstić information content (AvgIpc) is 2.30. The molecule has 1 amide bonds. The molecule has 0 bridgehead atoms. The summed E-state index contributed by atoms with van der Waals surface area (Å²) in [6.45, 7) is 0.558. The van der Waals surface area contributed by atoms with Gasteiger partial charge in [0.15, 0.2) is 0 Å². The van der Waals surface area contributed by atoms with Gasteiger partial charge in [-0.15, -0.1) is 0 Å². The highest BCUT2D eigenvalue weighted by molar-refractivity contribution is 6.32. The molecule has 1 rings (SSSR count). The second-order valence-corrected chi connectivity index (χ2v) is 4.07. The lowest BCUT2D eigenvalue weighted by molar-refractivity contribution is -0.143. The fourth-order valence-electron chi connectivity index (χ4n) is 1.24. The van der Waals surface area contributed by atoms with Crippen LogP contribution in [0.5, 0.6) is 5.75 Å². The number of ether oxygens (including phenoxy) is 1. The molecule has 1 aromatic rings. The van der Waals surface area contributed by atoms with Crippen molar-refractivity contribution in [1.82, 2.24) is 4.90 Å². The fraction of sp³-hybridized carbons (Fsp3) is 0.333. The van der Waals surface area contributed by atoms with E-state index in [1.54, 1.807) is 24.3 Å². The predicted octanol–water partition coefficient (Wildman–Crippen LogP) is 1.65. The Bertz CT molecular complexity index is 436. The van der Waals surface area contributed by atoms with Crippen molar-refractivity contribution in [2.24, 2.45) is 0 Å². The van der Waals surface area contributed by atoms with Crippen molar-refractivity contribution in [3.8, 4) is 5.75 Å². The Labute approximate surface area is 110 Å². The topological polar surface area (TPSA) is 66.8 Å². The van der Waals surface area contributed by atoms with Crippen LogP contribution in [-0.4, -0.2) is 42.1 Å². The van der Waals surface area contributed by atoms with Crippen molar-refractivity contribution in [1.29, 1.82) is 0 Å². The number of carboxylic acids is 1. The summed E-state index contributed by atoms with van der Waals surface area (Å²) in [6, 6.07) is 7.01. The summed E-state index contributed by atoms with van der Waals surface area (Å²) < 4.78 is 5.39. The normalized spacial score (nSPS) is 9.89. The number of hydrogen-bond acceptors (Lipinski definition) is 3. The highest BCUT2D eigenvalue weighted by Gasteiger charge is 2.12. The van der Waals surface area contributed by atoms with Crippen LogP contribution in [0.25, 0.3) is 0 Å². The number of carbonyl (C=O) groups is 2. The first-order valence-electron chi connectivity index (χ1n) is 5.34. The molecule has 0 radical (unpaired) electrons. The van der Waals surface area contributed by atoms with E-state index in [1.807, 2.05) is 0 Å². The van der Waals surface area contributed by atoms with Crippen LogP contribution in [0.15, 0.2) is 24.3 Å². The Hall–Kier alpha value is -1.75. The van der Waals surface area contributed by atoms with Crippen LogP contribution in [-0.2, 0) is 9.59 Å². The molecule has 0 fully saturated rings. The number of nitrogens with zero attached hydrogens (tertiary/aromatic N) is 1. The van der Waals surface area contributed by atoms with Crippen molar-refractivity contribution in [3.63, 3.8) is 0 Å². The monoisotopic (exact) mass is 271 g/mol. The number of likely N-dealkylation sites (N-methyl/N-ethyl adjacent to an activating group) is 1. The van der Waals surface area contributed by atoms with Gasteiger partial charge in [0.1, 0.15) is 18.8 Å². The van der Waals surface area contributed by atoms with E-state index in [2.05, 4.69) is 0 Å². The Kier molecular flexibility index (Phi) is 5.45. The molecule has 98 valence electrons. The van der Waals surface area contributed by atoms with Crippen LogP contribution < -0.4 is 4.74 Å². The van der Waals surface area contributed by atoms with Gasteiger partial charge in [-0.3, -0.25) is 9.59 Å². The molecule has 6 heteroatoms. The maximum Gasteiger partial charge on any atom is 0.312 e. The largest absolute Gasteiger partial charge is 0.490 e. The van der Waals surface area contributed by atoms with E-state index in [-0.39, 0.29) is 6.61 Å². The van der Waals surface area contributed by atoms with Gasteiger partial charge in [-0.2, -0.15) is 0 Å². The number of hydrogen-bond donors (Lipinski definition) is 1. The molecule has 0 unspecified atom stereocenters. The zero-order chi connectivity index (χ0) is 13.5. The van der Waals surface area contributed by atoms with E-state index in [0.717, 1.165) is 0 Å². The summed E-state index contributed by atoms with van der Waals surface area (Å²) in [6.07, 6.45) is -0.511. The number of para-hydroxylation sites is 1. The van der Waals surface area contributed by atoms with Crippen molar-refractivity contribution in [3.05, 3.63) is 29.3 Å². The minimum Gasteiger partial charge on any atom is -0.490 e. The summed E-state index contributed by atoms with van der Waals surface area (Å²) in [7, 11) is 1.53. The van der Waals surface area contributed by atoms with Gasteiger partial charge in [-0.05, 0) is 12.1 Å². The molecular weight excluding hydrogens is 258 g/mol. The number of carboxylic acid groups (broad SMARTS) is 1. The van der Waals surface area contributed by atoms with Crippen molar-refractivity contribution in [2.75, 3.05) is 20.2 Å². The number of rotatable bonds is 6. The van der Waals surface area contributed by atoms with Gasteiger partial charge < -0.3 is 14.7 Å². The summed E-state index contributed by atoms with van der Waals surface area (Å²) in [5.74, 6) is -1.05. The molecule has 0 atom stereocenters. The van der Waals surface area contributed by atoms with Gasteiger partial charge in [0.05, 0.1) is 11.6 Å². The fourth-order valence-corrected chi connectivity index (χ4v) is 1.43. The first-order valence-corrected chi connectivity index (χ1v) is 5.71. The van der Waals surface area contributed by atoms with Crippen LogP contribution in [0.2, 0.25) is 5.02 Å². The van der Waals surface area contributed by atoms with Gasteiger partial charge >= 0.3 is 5.97 Å². The number of halogens is 1. The molecule has 0 spiro atoms. The van der Waals surface area contributed by atoms with E-state index in [9.17, 15) is 9.59 Å². The average molecular weight is 272 g/mol. The van der Waals surface area contributed by atoms with Gasteiger partial charge in [0, 0.05) is 7.05 Å². The van der Waals surface area contributed by atoms with E-state index in [1.165, 1.54) is 11.9 Å². The molecule has 0 aliphatic rings. The predicted molar refractivity (Wildman–Crippen MR) is 66.8 cm³/mol. The Morgan fingerprint density at radius 1 is 1.39 bits per heavy atom. The second-order valence-electron chi connectivity index (χ2n) is 3.66. The minimum atomic E-state index is -1.14. The molecule has 1 N–H and O–H groups in total. The molecule has 0 saturated heterocycles. The summed E-state index contributed by atoms with van der Waals surface area (Å²) >= 11 is 5.89. The van der Waals surface area contributed by atoms with Crippen LogP contribution in [0.3, 0.4) is 0 Å². The molecule has 18 heavy (non-hydrogen) atoms. The first-order chi connectivity index (χ1) is 8.50. The van der Waals surface area contributed by atoms with Gasteiger partial charge in [0.2, 0.25) is 5.91 Å². The maximum atomic E-state index is 11.3. The van der Waals surface area contributed by atoms with Crippen LogP contribution in [0.4, 0.5) is 0 Å². The molecule has 1 aromatic carbocycles. The molecule has 0 aliphatic heterocycles.